The molecule has 0 bridgehead atoms. The molecule has 0 unspecified atom stereocenters. The lowest BCUT2D eigenvalue weighted by Crippen LogP contribution is -2.38. The lowest BCUT2D eigenvalue weighted by Gasteiger charge is -2.28. The summed E-state index contributed by atoms with van der Waals surface area (Å²) >= 11 is 6.10. The largest absolute Gasteiger partial charge is 0.322 e. The summed E-state index contributed by atoms with van der Waals surface area (Å²) in [6.45, 7) is 1.30. The predicted octanol–water partition coefficient (Wildman–Crippen LogP) is 5.73. The number of anilines is 1. The van der Waals surface area contributed by atoms with Crippen molar-refractivity contribution in [1.82, 2.24) is 4.90 Å². The average Bonchev–Trinajstić information content (AvgIpc) is 2.63. The highest BCUT2D eigenvalue weighted by Crippen LogP contribution is 2.22. The fourth-order valence-corrected chi connectivity index (χ4v) is 3.35. The fraction of sp³-hybridized carbons (Fsp3) is 0.286. The van der Waals surface area contributed by atoms with E-state index in [0.717, 1.165) is 37.1 Å². The number of benzene rings is 2. The Kier molecular flexibility index (Phi) is 6.13. The molecule has 2 aromatic carbocycles. The molecule has 0 aromatic heterocycles. The number of hydrogen-bond acceptors (Lipinski definition) is 1. The number of rotatable bonds is 5. The Labute approximate surface area is 154 Å². The topological polar surface area (TPSA) is 32.3 Å². The monoisotopic (exact) mass is 354 g/mol. The number of halogens is 1. The molecule has 0 saturated heterocycles. The van der Waals surface area contributed by atoms with Crippen molar-refractivity contribution < 1.29 is 4.79 Å². The average molecular weight is 355 g/mol. The summed E-state index contributed by atoms with van der Waals surface area (Å²) in [5, 5.41) is 3.70. The molecule has 1 aliphatic rings. The second-order valence-electron chi connectivity index (χ2n) is 6.46. The van der Waals surface area contributed by atoms with E-state index in [2.05, 4.69) is 17.5 Å². The number of nitrogens with one attached hydrogen (secondary N) is 1. The SMILES string of the molecule is O=C(Nc1ccccc1)N(Cc1cccc(Cl)c1)C[C@H]1CC=CCC1. The van der Waals surface area contributed by atoms with Crippen molar-refractivity contribution in [2.24, 2.45) is 5.92 Å². The second-order valence-corrected chi connectivity index (χ2v) is 6.89. The number of nitrogens with zero attached hydrogens (tertiary/aromatic N) is 1. The molecule has 0 radical (unpaired) electrons. The van der Waals surface area contributed by atoms with Crippen LogP contribution in [0.5, 0.6) is 0 Å². The Bertz CT molecular complexity index is 730. The van der Waals surface area contributed by atoms with E-state index in [1.165, 1.54) is 0 Å². The zero-order chi connectivity index (χ0) is 17.5. The second kappa shape index (κ2) is 8.72. The molecule has 25 heavy (non-hydrogen) atoms. The Morgan fingerprint density at radius 1 is 1.12 bits per heavy atom. The van der Waals surface area contributed by atoms with E-state index in [4.69, 9.17) is 11.6 Å². The summed E-state index contributed by atoms with van der Waals surface area (Å²) in [6.07, 6.45) is 7.70. The molecule has 0 fully saturated rings. The number of allylic oxidation sites excluding steroid dienone is 2. The Balaban J connectivity index is 1.72. The van der Waals surface area contributed by atoms with Crippen molar-refractivity contribution >= 4 is 23.3 Å². The lowest BCUT2D eigenvalue weighted by atomic mass is 9.94. The zero-order valence-electron chi connectivity index (χ0n) is 14.2. The molecule has 0 saturated carbocycles. The molecule has 1 atom stereocenters. The van der Waals surface area contributed by atoms with Gasteiger partial charge in [-0.05, 0) is 55.0 Å². The van der Waals surface area contributed by atoms with Gasteiger partial charge in [-0.25, -0.2) is 4.79 Å². The first kappa shape index (κ1) is 17.6. The number of hydrogen-bond donors (Lipinski definition) is 1. The molecule has 2 amide bonds. The van der Waals surface area contributed by atoms with E-state index in [1.54, 1.807) is 0 Å². The van der Waals surface area contributed by atoms with Gasteiger partial charge in [0.05, 0.1) is 0 Å². The number of carbonyl (C=O) groups is 1. The maximum absolute atomic E-state index is 12.8. The molecule has 0 aliphatic heterocycles. The van der Waals surface area contributed by atoms with Gasteiger partial charge in [0, 0.05) is 23.8 Å². The van der Waals surface area contributed by atoms with Gasteiger partial charge in [0.15, 0.2) is 0 Å². The van der Waals surface area contributed by atoms with Crippen LogP contribution in [0.25, 0.3) is 0 Å². The first-order chi connectivity index (χ1) is 12.2. The van der Waals surface area contributed by atoms with Gasteiger partial charge in [0.1, 0.15) is 0 Å². The lowest BCUT2D eigenvalue weighted by molar-refractivity contribution is 0.195. The van der Waals surface area contributed by atoms with Crippen LogP contribution in [0.1, 0.15) is 24.8 Å². The van der Waals surface area contributed by atoms with Gasteiger partial charge in [-0.3, -0.25) is 0 Å². The maximum atomic E-state index is 12.8. The molecular formula is C21H23ClN2O. The highest BCUT2D eigenvalue weighted by Gasteiger charge is 2.20. The van der Waals surface area contributed by atoms with E-state index >= 15 is 0 Å². The van der Waals surface area contributed by atoms with E-state index in [1.807, 2.05) is 59.5 Å². The molecule has 130 valence electrons. The van der Waals surface area contributed by atoms with Gasteiger partial charge in [0.25, 0.3) is 0 Å². The highest BCUT2D eigenvalue weighted by molar-refractivity contribution is 6.30. The van der Waals surface area contributed by atoms with E-state index < -0.39 is 0 Å². The van der Waals surface area contributed by atoms with Crippen LogP contribution in [-0.4, -0.2) is 17.5 Å². The summed E-state index contributed by atoms with van der Waals surface area (Å²) in [6, 6.07) is 17.2. The molecule has 3 rings (SSSR count). The van der Waals surface area contributed by atoms with E-state index in [-0.39, 0.29) is 6.03 Å². The van der Waals surface area contributed by atoms with Crippen molar-refractivity contribution in [1.29, 1.82) is 0 Å². The van der Waals surface area contributed by atoms with E-state index in [9.17, 15) is 4.79 Å². The van der Waals surface area contributed by atoms with Crippen molar-refractivity contribution in [3.63, 3.8) is 0 Å². The zero-order valence-corrected chi connectivity index (χ0v) is 15.0. The van der Waals surface area contributed by atoms with Gasteiger partial charge < -0.3 is 10.2 Å². The van der Waals surface area contributed by atoms with Crippen LogP contribution in [-0.2, 0) is 6.54 Å². The van der Waals surface area contributed by atoms with Crippen LogP contribution in [0.15, 0.2) is 66.7 Å². The predicted molar refractivity (Wildman–Crippen MR) is 104 cm³/mol. The van der Waals surface area contributed by atoms with Crippen molar-refractivity contribution in [3.8, 4) is 0 Å². The molecular weight excluding hydrogens is 332 g/mol. The number of urea groups is 1. The summed E-state index contributed by atoms with van der Waals surface area (Å²) in [5.74, 6) is 0.505. The molecule has 4 heteroatoms. The standard InChI is InChI=1S/C21H23ClN2O/c22-19-11-7-10-18(14-19)16-24(15-17-8-3-1-4-9-17)21(25)23-20-12-5-2-6-13-20/h1-3,5-7,10-14,17H,4,8-9,15-16H2,(H,23,25)/t17-/m0/s1. The first-order valence-electron chi connectivity index (χ1n) is 8.71. The third-order valence-electron chi connectivity index (χ3n) is 4.43. The van der Waals surface area contributed by atoms with Crippen LogP contribution >= 0.6 is 11.6 Å². The van der Waals surface area contributed by atoms with Gasteiger partial charge >= 0.3 is 6.03 Å². The van der Waals surface area contributed by atoms with Crippen LogP contribution in [0, 0.1) is 5.92 Å². The van der Waals surface area contributed by atoms with Crippen molar-refractivity contribution in [2.75, 3.05) is 11.9 Å². The van der Waals surface area contributed by atoms with Crippen LogP contribution in [0.3, 0.4) is 0 Å². The normalized spacial score (nSPS) is 16.4. The minimum absolute atomic E-state index is 0.0688. The fourth-order valence-electron chi connectivity index (χ4n) is 3.13. The molecule has 1 aliphatic carbocycles. The number of carbonyl (C=O) groups excluding carboxylic acids is 1. The first-order valence-corrected chi connectivity index (χ1v) is 9.09. The van der Waals surface area contributed by atoms with Crippen LogP contribution < -0.4 is 5.32 Å². The molecule has 0 heterocycles. The van der Waals surface area contributed by atoms with Gasteiger partial charge in [-0.2, -0.15) is 0 Å². The molecule has 3 nitrogen and oxygen atoms in total. The van der Waals surface area contributed by atoms with Crippen molar-refractivity contribution in [3.05, 3.63) is 77.3 Å². The highest BCUT2D eigenvalue weighted by atomic mass is 35.5. The summed E-state index contributed by atoms with van der Waals surface area (Å²) in [5.41, 5.74) is 1.86. The Morgan fingerprint density at radius 2 is 1.96 bits per heavy atom. The summed E-state index contributed by atoms with van der Waals surface area (Å²) < 4.78 is 0. The Hall–Kier alpha value is -2.26. The quantitative estimate of drug-likeness (QED) is 0.683. The van der Waals surface area contributed by atoms with Gasteiger partial charge in [0.2, 0.25) is 0 Å². The Morgan fingerprint density at radius 3 is 2.68 bits per heavy atom. The minimum atomic E-state index is -0.0688. The molecule has 0 spiro atoms. The number of para-hydroxylation sites is 1. The third kappa shape index (κ3) is 5.36. The van der Waals surface area contributed by atoms with Crippen LogP contribution in [0.4, 0.5) is 10.5 Å². The summed E-state index contributed by atoms with van der Waals surface area (Å²) in [7, 11) is 0. The minimum Gasteiger partial charge on any atom is -0.320 e. The molecule has 2 aromatic rings. The van der Waals surface area contributed by atoms with E-state index in [0.29, 0.717) is 17.5 Å². The van der Waals surface area contributed by atoms with Gasteiger partial charge in [-0.1, -0.05) is 54.1 Å². The third-order valence-corrected chi connectivity index (χ3v) is 4.67. The summed E-state index contributed by atoms with van der Waals surface area (Å²) in [4.78, 5) is 14.7. The van der Waals surface area contributed by atoms with Crippen molar-refractivity contribution in [2.45, 2.75) is 25.8 Å². The van der Waals surface area contributed by atoms with Gasteiger partial charge in [-0.15, -0.1) is 0 Å². The smallest absolute Gasteiger partial charge is 0.320 e. The molecule has 1 N–H and O–H groups in total. The van der Waals surface area contributed by atoms with Crippen LogP contribution in [0.2, 0.25) is 5.02 Å². The number of amides is 2. The maximum Gasteiger partial charge on any atom is 0.322 e.